The molecule has 2 aromatic rings. The van der Waals surface area contributed by atoms with Crippen LogP contribution in [0.4, 0.5) is 5.69 Å². The van der Waals surface area contributed by atoms with Gasteiger partial charge in [-0.05, 0) is 23.8 Å². The van der Waals surface area contributed by atoms with Gasteiger partial charge in [0.25, 0.3) is 5.91 Å². The molecule has 0 fully saturated rings. The van der Waals surface area contributed by atoms with Crippen LogP contribution < -0.4 is 11.1 Å². The van der Waals surface area contributed by atoms with Crippen LogP contribution in [0.5, 0.6) is 0 Å². The third-order valence-corrected chi connectivity index (χ3v) is 3.22. The number of nitrogens with two attached hydrogens (primary N) is 1. The van der Waals surface area contributed by atoms with Gasteiger partial charge in [0.15, 0.2) is 0 Å². The SMILES string of the molecule is COC(=O)[C@H](Cc1ccccc1)NC(=O)c1cccc(N)c1. The van der Waals surface area contributed by atoms with E-state index in [9.17, 15) is 9.59 Å². The zero-order chi connectivity index (χ0) is 15.9. The van der Waals surface area contributed by atoms with Gasteiger partial charge in [-0.15, -0.1) is 0 Å². The first-order valence-corrected chi connectivity index (χ1v) is 6.88. The summed E-state index contributed by atoms with van der Waals surface area (Å²) in [7, 11) is 1.30. The predicted octanol–water partition coefficient (Wildman–Crippen LogP) is 1.78. The molecule has 0 aliphatic heterocycles. The fraction of sp³-hybridized carbons (Fsp3) is 0.176. The first-order valence-electron chi connectivity index (χ1n) is 6.88. The minimum atomic E-state index is -0.749. The number of amides is 1. The van der Waals surface area contributed by atoms with Crippen molar-refractivity contribution < 1.29 is 14.3 Å². The van der Waals surface area contributed by atoms with Crippen molar-refractivity contribution in [3.05, 3.63) is 65.7 Å². The number of carbonyl (C=O) groups excluding carboxylic acids is 2. The number of methoxy groups -OCH3 is 1. The van der Waals surface area contributed by atoms with Gasteiger partial charge in [-0.2, -0.15) is 0 Å². The third-order valence-electron chi connectivity index (χ3n) is 3.22. The summed E-state index contributed by atoms with van der Waals surface area (Å²) in [6.45, 7) is 0. The summed E-state index contributed by atoms with van der Waals surface area (Å²) in [4.78, 5) is 24.1. The van der Waals surface area contributed by atoms with E-state index in [1.165, 1.54) is 7.11 Å². The molecule has 0 spiro atoms. The van der Waals surface area contributed by atoms with Gasteiger partial charge in [0, 0.05) is 17.7 Å². The smallest absolute Gasteiger partial charge is 0.328 e. The predicted molar refractivity (Wildman–Crippen MR) is 84.3 cm³/mol. The van der Waals surface area contributed by atoms with E-state index in [1.807, 2.05) is 30.3 Å². The Kier molecular flexibility index (Phi) is 5.14. The zero-order valence-electron chi connectivity index (χ0n) is 12.3. The Morgan fingerprint density at radius 3 is 2.50 bits per heavy atom. The molecule has 3 N–H and O–H groups in total. The number of anilines is 1. The van der Waals surface area contributed by atoms with Gasteiger partial charge in [-0.1, -0.05) is 36.4 Å². The Hall–Kier alpha value is -2.82. The number of rotatable bonds is 5. The average molecular weight is 298 g/mol. The summed E-state index contributed by atoms with van der Waals surface area (Å²) in [5.41, 5.74) is 7.50. The van der Waals surface area contributed by atoms with Crippen LogP contribution in [0.2, 0.25) is 0 Å². The first-order chi connectivity index (χ1) is 10.6. The fourth-order valence-corrected chi connectivity index (χ4v) is 2.11. The summed E-state index contributed by atoms with van der Waals surface area (Å²) in [6.07, 6.45) is 0.363. The lowest BCUT2D eigenvalue weighted by Crippen LogP contribution is -2.43. The van der Waals surface area contributed by atoms with E-state index in [4.69, 9.17) is 10.5 Å². The molecule has 0 radical (unpaired) electrons. The highest BCUT2D eigenvalue weighted by Crippen LogP contribution is 2.09. The maximum absolute atomic E-state index is 12.2. The summed E-state index contributed by atoms with van der Waals surface area (Å²) >= 11 is 0. The van der Waals surface area contributed by atoms with Crippen molar-refractivity contribution >= 4 is 17.6 Å². The van der Waals surface area contributed by atoms with Gasteiger partial charge in [-0.25, -0.2) is 4.79 Å². The van der Waals surface area contributed by atoms with Crippen molar-refractivity contribution in [1.82, 2.24) is 5.32 Å². The van der Waals surface area contributed by atoms with E-state index >= 15 is 0 Å². The van der Waals surface area contributed by atoms with Crippen molar-refractivity contribution in [3.8, 4) is 0 Å². The zero-order valence-corrected chi connectivity index (χ0v) is 12.3. The van der Waals surface area contributed by atoms with Gasteiger partial charge < -0.3 is 15.8 Å². The van der Waals surface area contributed by atoms with E-state index < -0.39 is 12.0 Å². The molecular formula is C17H18N2O3. The average Bonchev–Trinajstić information content (AvgIpc) is 2.54. The Morgan fingerprint density at radius 1 is 1.14 bits per heavy atom. The molecular weight excluding hydrogens is 280 g/mol. The van der Waals surface area contributed by atoms with Crippen LogP contribution in [0.15, 0.2) is 54.6 Å². The summed E-state index contributed by atoms with van der Waals surface area (Å²) in [6, 6.07) is 15.3. The van der Waals surface area contributed by atoms with E-state index in [0.29, 0.717) is 17.7 Å². The number of carbonyl (C=O) groups is 2. The molecule has 0 aromatic heterocycles. The molecule has 5 nitrogen and oxygen atoms in total. The monoisotopic (exact) mass is 298 g/mol. The maximum Gasteiger partial charge on any atom is 0.328 e. The van der Waals surface area contributed by atoms with Crippen molar-refractivity contribution in [1.29, 1.82) is 0 Å². The molecule has 2 aromatic carbocycles. The second-order valence-corrected chi connectivity index (χ2v) is 4.86. The standard InChI is InChI=1S/C17H18N2O3/c1-22-17(21)15(10-12-6-3-2-4-7-12)19-16(20)13-8-5-9-14(18)11-13/h2-9,11,15H,10,18H2,1H3,(H,19,20)/t15-/m0/s1. The molecule has 5 heteroatoms. The van der Waals surface area contributed by atoms with Crippen molar-refractivity contribution in [2.24, 2.45) is 0 Å². The summed E-state index contributed by atoms with van der Waals surface area (Å²) in [5.74, 6) is -0.847. The Labute approximate surface area is 129 Å². The van der Waals surface area contributed by atoms with Gasteiger partial charge in [0.2, 0.25) is 0 Å². The molecule has 2 rings (SSSR count). The lowest BCUT2D eigenvalue weighted by atomic mass is 10.1. The highest BCUT2D eigenvalue weighted by atomic mass is 16.5. The van der Waals surface area contributed by atoms with E-state index in [1.54, 1.807) is 24.3 Å². The molecule has 1 amide bonds. The second-order valence-electron chi connectivity index (χ2n) is 4.86. The Balaban J connectivity index is 2.13. The number of esters is 1. The number of nitrogens with one attached hydrogen (secondary N) is 1. The van der Waals surface area contributed by atoms with Gasteiger partial charge >= 0.3 is 5.97 Å². The Morgan fingerprint density at radius 2 is 1.86 bits per heavy atom. The molecule has 0 saturated carbocycles. The molecule has 0 heterocycles. The molecule has 0 saturated heterocycles. The summed E-state index contributed by atoms with van der Waals surface area (Å²) in [5, 5.41) is 2.69. The number of benzene rings is 2. The molecule has 22 heavy (non-hydrogen) atoms. The van der Waals surface area contributed by atoms with Gasteiger partial charge in [0.05, 0.1) is 7.11 Å². The first kappa shape index (κ1) is 15.6. The van der Waals surface area contributed by atoms with Crippen LogP contribution >= 0.6 is 0 Å². The molecule has 1 atom stereocenters. The van der Waals surface area contributed by atoms with Crippen LogP contribution in [0.1, 0.15) is 15.9 Å². The van der Waals surface area contributed by atoms with Crippen LogP contribution in [0.3, 0.4) is 0 Å². The van der Waals surface area contributed by atoms with Crippen LogP contribution in [-0.4, -0.2) is 25.0 Å². The van der Waals surface area contributed by atoms with Crippen LogP contribution in [0, 0.1) is 0 Å². The molecule has 0 bridgehead atoms. The topological polar surface area (TPSA) is 81.4 Å². The number of hydrogen-bond acceptors (Lipinski definition) is 4. The minimum Gasteiger partial charge on any atom is -0.467 e. The van der Waals surface area contributed by atoms with Gasteiger partial charge in [0.1, 0.15) is 6.04 Å². The molecule has 0 aliphatic rings. The lowest BCUT2D eigenvalue weighted by Gasteiger charge is -2.16. The molecule has 0 aliphatic carbocycles. The van der Waals surface area contributed by atoms with Crippen LogP contribution in [-0.2, 0) is 16.0 Å². The normalized spacial score (nSPS) is 11.5. The number of nitrogen functional groups attached to an aromatic ring is 1. The molecule has 0 unspecified atom stereocenters. The molecule has 114 valence electrons. The van der Waals surface area contributed by atoms with E-state index in [-0.39, 0.29) is 5.91 Å². The van der Waals surface area contributed by atoms with Gasteiger partial charge in [-0.3, -0.25) is 4.79 Å². The highest BCUT2D eigenvalue weighted by molar-refractivity contribution is 5.97. The van der Waals surface area contributed by atoms with Crippen molar-refractivity contribution in [2.75, 3.05) is 12.8 Å². The van der Waals surface area contributed by atoms with Crippen molar-refractivity contribution in [3.63, 3.8) is 0 Å². The van der Waals surface area contributed by atoms with E-state index in [0.717, 1.165) is 5.56 Å². The highest BCUT2D eigenvalue weighted by Gasteiger charge is 2.22. The number of ether oxygens (including phenoxy) is 1. The number of hydrogen-bond donors (Lipinski definition) is 2. The fourth-order valence-electron chi connectivity index (χ4n) is 2.11. The summed E-state index contributed by atoms with van der Waals surface area (Å²) < 4.78 is 4.77. The third kappa shape index (κ3) is 4.09. The largest absolute Gasteiger partial charge is 0.467 e. The lowest BCUT2D eigenvalue weighted by molar-refractivity contribution is -0.142. The quantitative estimate of drug-likeness (QED) is 0.651. The van der Waals surface area contributed by atoms with Crippen LogP contribution in [0.25, 0.3) is 0 Å². The Bertz CT molecular complexity index is 656. The maximum atomic E-state index is 12.2. The second kappa shape index (κ2) is 7.26. The van der Waals surface area contributed by atoms with E-state index in [2.05, 4.69) is 5.32 Å². The minimum absolute atomic E-state index is 0.362. The van der Waals surface area contributed by atoms with Crippen molar-refractivity contribution in [2.45, 2.75) is 12.5 Å².